The van der Waals surface area contributed by atoms with E-state index in [4.69, 9.17) is 11.6 Å². The van der Waals surface area contributed by atoms with Crippen molar-refractivity contribution in [2.24, 2.45) is 0 Å². The molecule has 0 atom stereocenters. The summed E-state index contributed by atoms with van der Waals surface area (Å²) >= 11 is 5.15. The molecule has 0 spiro atoms. The third-order valence-electron chi connectivity index (χ3n) is 2.27. The highest BCUT2D eigenvalue weighted by Gasteiger charge is 2.28. The molecule has 0 aliphatic carbocycles. The highest BCUT2D eigenvalue weighted by Crippen LogP contribution is 2.21. The van der Waals surface area contributed by atoms with Crippen LogP contribution >= 0.6 is 11.6 Å². The largest absolute Gasteiger partial charge is 0.284 e. The maximum absolute atomic E-state index is 11.7. The molecule has 1 rings (SSSR count). The lowest BCUT2D eigenvalue weighted by molar-refractivity contribution is -0.111. The first-order valence-corrected chi connectivity index (χ1v) is 9.30. The number of aromatic amines is 1. The van der Waals surface area contributed by atoms with Crippen molar-refractivity contribution in [3.8, 4) is 0 Å². The second-order valence-electron chi connectivity index (χ2n) is 4.06. The molecule has 0 aliphatic heterocycles. The highest BCUT2D eigenvalue weighted by atomic mass is 35.5. The van der Waals surface area contributed by atoms with Gasteiger partial charge in [-0.25, -0.2) is 21.9 Å². The average Bonchev–Trinajstić information content (AvgIpc) is 2.23. The molecule has 20 heavy (non-hydrogen) atoms. The van der Waals surface area contributed by atoms with E-state index in [1.54, 1.807) is 0 Å². The van der Waals surface area contributed by atoms with E-state index in [0.29, 0.717) is 6.26 Å². The van der Waals surface area contributed by atoms with Gasteiger partial charge in [0, 0.05) is 25.4 Å². The number of halogens is 1. The summed E-state index contributed by atoms with van der Waals surface area (Å²) in [6, 6.07) is 0. The second-order valence-corrected chi connectivity index (χ2v) is 8.38. The van der Waals surface area contributed by atoms with E-state index in [1.165, 1.54) is 0 Å². The number of carbonyl (C=O) groups excluding carboxylic acids is 1. The third kappa shape index (κ3) is 3.87. The van der Waals surface area contributed by atoms with Gasteiger partial charge in [0.05, 0.1) is 5.69 Å². The van der Waals surface area contributed by atoms with Gasteiger partial charge in [-0.1, -0.05) is 0 Å². The van der Waals surface area contributed by atoms with Gasteiger partial charge in [0.1, 0.15) is 4.90 Å². The van der Waals surface area contributed by atoms with Crippen LogP contribution in [0.15, 0.2) is 14.6 Å². The first-order chi connectivity index (χ1) is 8.94. The number of carbonyl (C=O) groups is 1. The number of hydrogen-bond acceptors (Lipinski definition) is 7. The van der Waals surface area contributed by atoms with Crippen LogP contribution in [0.3, 0.4) is 0 Å². The van der Waals surface area contributed by atoms with Gasteiger partial charge in [-0.3, -0.25) is 9.59 Å². The van der Waals surface area contributed by atoms with Crippen LogP contribution in [0.4, 0.5) is 0 Å². The molecule has 8 nitrogen and oxygen atoms in total. The predicted octanol–water partition coefficient (Wildman–Crippen LogP) is -0.725. The first kappa shape index (κ1) is 16.8. The minimum absolute atomic E-state index is 0.204. The molecule has 0 saturated carbocycles. The Hall–Kier alpha value is -1.26. The number of aryl methyl sites for hydroxylation is 1. The van der Waals surface area contributed by atoms with E-state index in [1.807, 2.05) is 5.10 Å². The summed E-state index contributed by atoms with van der Waals surface area (Å²) in [4.78, 5) is 20.7. The molecular formula is C9H11ClN2O6S2. The van der Waals surface area contributed by atoms with Crippen molar-refractivity contribution in [1.29, 1.82) is 0 Å². The maximum atomic E-state index is 11.7. The van der Waals surface area contributed by atoms with Crippen LogP contribution in [0.1, 0.15) is 12.1 Å². The minimum atomic E-state index is -4.09. The molecule has 0 fully saturated rings. The predicted molar refractivity (Wildman–Crippen MR) is 70.3 cm³/mol. The summed E-state index contributed by atoms with van der Waals surface area (Å²) in [7, 11) is -8.12. The van der Waals surface area contributed by atoms with Crippen molar-refractivity contribution < 1.29 is 21.6 Å². The van der Waals surface area contributed by atoms with E-state index in [9.17, 15) is 26.4 Å². The van der Waals surface area contributed by atoms with Crippen molar-refractivity contribution in [3.63, 3.8) is 0 Å². The second kappa shape index (κ2) is 5.62. The maximum Gasteiger partial charge on any atom is 0.284 e. The van der Waals surface area contributed by atoms with Crippen LogP contribution in [-0.4, -0.2) is 44.8 Å². The quantitative estimate of drug-likeness (QED) is 0.698. The summed E-state index contributed by atoms with van der Waals surface area (Å²) < 4.78 is 46.7. The van der Waals surface area contributed by atoms with Crippen LogP contribution in [0.2, 0.25) is 0 Å². The fraction of sp³-hybridized carbons (Fsp3) is 0.444. The number of hydrogen-bond donors (Lipinski definition) is 1. The molecule has 0 radical (unpaired) electrons. The highest BCUT2D eigenvalue weighted by molar-refractivity contribution is 7.93. The van der Waals surface area contributed by atoms with Gasteiger partial charge >= 0.3 is 0 Å². The molecular weight excluding hydrogens is 332 g/mol. The Morgan fingerprint density at radius 3 is 2.05 bits per heavy atom. The summed E-state index contributed by atoms with van der Waals surface area (Å²) in [5.41, 5.74) is -1.35. The van der Waals surface area contributed by atoms with Crippen LogP contribution in [0.5, 0.6) is 0 Å². The monoisotopic (exact) mass is 342 g/mol. The van der Waals surface area contributed by atoms with Crippen molar-refractivity contribution in [2.45, 2.75) is 22.6 Å². The lowest BCUT2D eigenvalue weighted by Gasteiger charge is -2.09. The van der Waals surface area contributed by atoms with Crippen LogP contribution in [0.25, 0.3) is 0 Å². The third-order valence-corrected chi connectivity index (χ3v) is 4.90. The molecule has 11 heteroatoms. The fourth-order valence-electron chi connectivity index (χ4n) is 1.56. The van der Waals surface area contributed by atoms with E-state index >= 15 is 0 Å². The topological polar surface area (TPSA) is 131 Å². The Bertz CT molecular complexity index is 809. The molecule has 0 bridgehead atoms. The molecule has 0 aromatic carbocycles. The van der Waals surface area contributed by atoms with Gasteiger partial charge in [0.25, 0.3) is 5.56 Å². The van der Waals surface area contributed by atoms with Crippen molar-refractivity contribution in [3.05, 3.63) is 16.0 Å². The molecule has 112 valence electrons. The zero-order chi connectivity index (χ0) is 15.7. The van der Waals surface area contributed by atoms with Crippen molar-refractivity contribution in [1.82, 2.24) is 10.2 Å². The molecule has 1 aromatic rings. The molecule has 0 unspecified atom stereocenters. The zero-order valence-corrected chi connectivity index (χ0v) is 12.9. The molecule has 1 aromatic heterocycles. The van der Waals surface area contributed by atoms with Crippen molar-refractivity contribution in [2.75, 3.05) is 12.5 Å². The molecule has 1 heterocycles. The molecule has 0 aliphatic rings. The summed E-state index contributed by atoms with van der Waals surface area (Å²) in [5.74, 6) is 0. The molecule has 0 amide bonds. The van der Waals surface area contributed by atoms with Gasteiger partial charge in [-0.15, -0.1) is 0 Å². The number of rotatable bonds is 5. The van der Waals surface area contributed by atoms with Crippen LogP contribution in [-0.2, 0) is 30.9 Å². The van der Waals surface area contributed by atoms with Gasteiger partial charge in [-0.05, 0) is 11.6 Å². The SMILES string of the molecule is CS(=O)(=O)c1c(CCC(=O)Cl)n[nH]c(=O)c1S(C)(=O)=O. The number of aromatic nitrogens is 2. The Balaban J connectivity index is 3.73. The van der Waals surface area contributed by atoms with Crippen molar-refractivity contribution >= 4 is 36.5 Å². The number of nitrogens with zero attached hydrogens (tertiary/aromatic N) is 1. The summed E-state index contributed by atoms with van der Waals surface area (Å²) in [6.07, 6.45) is 1.02. The molecule has 1 N–H and O–H groups in total. The van der Waals surface area contributed by atoms with E-state index < -0.39 is 40.3 Å². The normalized spacial score (nSPS) is 12.3. The summed E-state index contributed by atoms with van der Waals surface area (Å²) in [5, 5.41) is 4.67. The Labute approximate surface area is 120 Å². The Kier molecular flexibility index (Phi) is 4.72. The number of nitrogens with one attached hydrogen (secondary N) is 1. The average molecular weight is 343 g/mol. The summed E-state index contributed by atoms with van der Waals surface area (Å²) in [6.45, 7) is 0. The minimum Gasteiger partial charge on any atom is -0.281 e. The number of sulfone groups is 2. The van der Waals surface area contributed by atoms with Gasteiger partial charge in [0.2, 0.25) is 5.24 Å². The van der Waals surface area contributed by atoms with E-state index in [2.05, 4.69) is 5.10 Å². The lowest BCUT2D eigenvalue weighted by atomic mass is 10.2. The van der Waals surface area contributed by atoms with Crippen LogP contribution < -0.4 is 5.56 Å². The molecule has 0 saturated heterocycles. The Morgan fingerprint density at radius 2 is 1.65 bits per heavy atom. The smallest absolute Gasteiger partial charge is 0.281 e. The van der Waals surface area contributed by atoms with Gasteiger partial charge in [-0.2, -0.15) is 5.10 Å². The van der Waals surface area contributed by atoms with E-state index in [-0.39, 0.29) is 18.5 Å². The first-order valence-electron chi connectivity index (χ1n) is 5.14. The van der Waals surface area contributed by atoms with Crippen LogP contribution in [0, 0.1) is 0 Å². The Morgan fingerprint density at radius 1 is 1.15 bits per heavy atom. The lowest BCUT2D eigenvalue weighted by Crippen LogP contribution is -2.25. The number of H-pyrrole nitrogens is 1. The standard InChI is InChI=1S/C9H11ClN2O6S2/c1-19(15,16)7-5(3-4-6(10)13)11-12-9(14)8(7)20(2,17)18/h3-4H2,1-2H3,(H,12,14). The van der Waals surface area contributed by atoms with Gasteiger partial charge in [0.15, 0.2) is 24.6 Å². The van der Waals surface area contributed by atoms with E-state index in [0.717, 1.165) is 6.26 Å². The fourth-order valence-corrected chi connectivity index (χ4v) is 4.40. The van der Waals surface area contributed by atoms with Gasteiger partial charge < -0.3 is 0 Å². The zero-order valence-electron chi connectivity index (χ0n) is 10.5.